The number of benzene rings is 1. The molecular formula is C13H19F. The van der Waals surface area contributed by atoms with Gasteiger partial charge in [0.1, 0.15) is 5.82 Å². The SMILES string of the molecule is CCCCC[C@H](C)c1cccc(F)c1. The Bertz CT molecular complexity index is 268. The average molecular weight is 194 g/mol. The Kier molecular flexibility index (Phi) is 4.64. The maximum atomic E-state index is 12.9. The Hall–Kier alpha value is -0.850. The van der Waals surface area contributed by atoms with E-state index in [1.54, 1.807) is 12.1 Å². The zero-order valence-electron chi connectivity index (χ0n) is 9.09. The summed E-state index contributed by atoms with van der Waals surface area (Å²) < 4.78 is 12.9. The van der Waals surface area contributed by atoms with E-state index in [0.29, 0.717) is 5.92 Å². The molecule has 0 aliphatic carbocycles. The van der Waals surface area contributed by atoms with Gasteiger partial charge >= 0.3 is 0 Å². The summed E-state index contributed by atoms with van der Waals surface area (Å²) in [5.41, 5.74) is 1.13. The summed E-state index contributed by atoms with van der Waals surface area (Å²) in [4.78, 5) is 0. The monoisotopic (exact) mass is 194 g/mol. The third-order valence-electron chi connectivity index (χ3n) is 2.66. The first kappa shape index (κ1) is 11.2. The molecule has 0 aliphatic heterocycles. The minimum absolute atomic E-state index is 0.121. The molecule has 1 aromatic rings. The van der Waals surface area contributed by atoms with Gasteiger partial charge in [0, 0.05) is 0 Å². The van der Waals surface area contributed by atoms with E-state index < -0.39 is 0 Å². The molecule has 14 heavy (non-hydrogen) atoms. The van der Waals surface area contributed by atoms with Crippen LogP contribution in [0.4, 0.5) is 4.39 Å². The first-order chi connectivity index (χ1) is 6.74. The lowest BCUT2D eigenvalue weighted by molar-refractivity contribution is 0.587. The first-order valence-electron chi connectivity index (χ1n) is 5.49. The number of halogens is 1. The van der Waals surface area contributed by atoms with Crippen LogP contribution in [0.2, 0.25) is 0 Å². The smallest absolute Gasteiger partial charge is 0.123 e. The van der Waals surface area contributed by atoms with Crippen molar-refractivity contribution >= 4 is 0 Å². The van der Waals surface area contributed by atoms with E-state index >= 15 is 0 Å². The van der Waals surface area contributed by atoms with Crippen LogP contribution in [0.15, 0.2) is 24.3 Å². The highest BCUT2D eigenvalue weighted by molar-refractivity contribution is 5.19. The lowest BCUT2D eigenvalue weighted by Crippen LogP contribution is -1.94. The topological polar surface area (TPSA) is 0 Å². The van der Waals surface area contributed by atoms with Crippen LogP contribution >= 0.6 is 0 Å². The highest BCUT2D eigenvalue weighted by Crippen LogP contribution is 2.22. The standard InChI is InChI=1S/C13H19F/c1-3-4-5-7-11(2)12-8-6-9-13(14)10-12/h6,8-11H,3-5,7H2,1-2H3/t11-/m0/s1. The van der Waals surface area contributed by atoms with Gasteiger partial charge in [0.15, 0.2) is 0 Å². The Morgan fingerprint density at radius 1 is 1.29 bits per heavy atom. The van der Waals surface area contributed by atoms with Gasteiger partial charge in [0.2, 0.25) is 0 Å². The third-order valence-corrected chi connectivity index (χ3v) is 2.66. The Balaban J connectivity index is 2.47. The largest absolute Gasteiger partial charge is 0.207 e. The molecule has 0 fully saturated rings. The quantitative estimate of drug-likeness (QED) is 0.605. The molecular weight excluding hydrogens is 175 g/mol. The van der Waals surface area contributed by atoms with Gasteiger partial charge in [-0.1, -0.05) is 45.2 Å². The van der Waals surface area contributed by atoms with Gasteiger partial charge in [-0.15, -0.1) is 0 Å². The van der Waals surface area contributed by atoms with Crippen molar-refractivity contribution in [2.24, 2.45) is 0 Å². The van der Waals surface area contributed by atoms with Crippen LogP contribution < -0.4 is 0 Å². The summed E-state index contributed by atoms with van der Waals surface area (Å²) in [6.07, 6.45) is 4.93. The van der Waals surface area contributed by atoms with Crippen molar-refractivity contribution < 1.29 is 4.39 Å². The van der Waals surface area contributed by atoms with Crippen molar-refractivity contribution in [2.75, 3.05) is 0 Å². The van der Waals surface area contributed by atoms with Gasteiger partial charge in [-0.3, -0.25) is 0 Å². The minimum Gasteiger partial charge on any atom is -0.207 e. The minimum atomic E-state index is -0.121. The van der Waals surface area contributed by atoms with Crippen molar-refractivity contribution in [3.05, 3.63) is 35.6 Å². The van der Waals surface area contributed by atoms with E-state index in [1.807, 2.05) is 6.07 Å². The molecule has 0 aromatic heterocycles. The summed E-state index contributed by atoms with van der Waals surface area (Å²) >= 11 is 0. The lowest BCUT2D eigenvalue weighted by atomic mass is 9.95. The normalized spacial score (nSPS) is 12.8. The fraction of sp³-hybridized carbons (Fsp3) is 0.538. The average Bonchev–Trinajstić information content (AvgIpc) is 2.18. The second kappa shape index (κ2) is 5.79. The summed E-state index contributed by atoms with van der Waals surface area (Å²) in [6, 6.07) is 6.96. The Labute approximate surface area is 86.2 Å². The number of unbranched alkanes of at least 4 members (excludes halogenated alkanes) is 2. The van der Waals surface area contributed by atoms with Gasteiger partial charge < -0.3 is 0 Å². The van der Waals surface area contributed by atoms with Crippen LogP contribution in [0.5, 0.6) is 0 Å². The molecule has 0 nitrogen and oxygen atoms in total. The first-order valence-corrected chi connectivity index (χ1v) is 5.49. The molecule has 0 saturated heterocycles. The molecule has 0 N–H and O–H groups in total. The molecule has 0 bridgehead atoms. The van der Waals surface area contributed by atoms with Crippen molar-refractivity contribution in [1.82, 2.24) is 0 Å². The van der Waals surface area contributed by atoms with Crippen LogP contribution in [0.3, 0.4) is 0 Å². The van der Waals surface area contributed by atoms with E-state index in [4.69, 9.17) is 0 Å². The van der Waals surface area contributed by atoms with E-state index in [2.05, 4.69) is 13.8 Å². The van der Waals surface area contributed by atoms with E-state index in [0.717, 1.165) is 12.0 Å². The van der Waals surface area contributed by atoms with Crippen LogP contribution in [0, 0.1) is 5.82 Å². The van der Waals surface area contributed by atoms with Gasteiger partial charge in [-0.2, -0.15) is 0 Å². The zero-order chi connectivity index (χ0) is 10.4. The van der Waals surface area contributed by atoms with Gasteiger partial charge in [0.25, 0.3) is 0 Å². The number of rotatable bonds is 5. The summed E-state index contributed by atoms with van der Waals surface area (Å²) in [5.74, 6) is 0.363. The predicted molar refractivity (Wildman–Crippen MR) is 59.0 cm³/mol. The molecule has 0 aliphatic rings. The second-order valence-electron chi connectivity index (χ2n) is 3.95. The van der Waals surface area contributed by atoms with E-state index in [9.17, 15) is 4.39 Å². The third kappa shape index (κ3) is 3.49. The van der Waals surface area contributed by atoms with Gasteiger partial charge in [-0.25, -0.2) is 4.39 Å². The Morgan fingerprint density at radius 2 is 2.07 bits per heavy atom. The zero-order valence-corrected chi connectivity index (χ0v) is 9.09. The maximum Gasteiger partial charge on any atom is 0.123 e. The molecule has 1 aromatic carbocycles. The summed E-state index contributed by atoms with van der Waals surface area (Å²) in [5, 5.41) is 0. The second-order valence-corrected chi connectivity index (χ2v) is 3.95. The summed E-state index contributed by atoms with van der Waals surface area (Å²) in [6.45, 7) is 4.37. The van der Waals surface area contributed by atoms with Crippen LogP contribution in [0.1, 0.15) is 51.0 Å². The number of hydrogen-bond donors (Lipinski definition) is 0. The molecule has 0 heterocycles. The molecule has 1 heteroatoms. The van der Waals surface area contributed by atoms with E-state index in [1.165, 1.54) is 25.3 Å². The molecule has 0 saturated carbocycles. The lowest BCUT2D eigenvalue weighted by Gasteiger charge is -2.11. The summed E-state index contributed by atoms with van der Waals surface area (Å²) in [7, 11) is 0. The molecule has 1 rings (SSSR count). The fourth-order valence-corrected chi connectivity index (χ4v) is 1.68. The van der Waals surface area contributed by atoms with Gasteiger partial charge in [0.05, 0.1) is 0 Å². The van der Waals surface area contributed by atoms with Gasteiger partial charge in [-0.05, 0) is 30.0 Å². The van der Waals surface area contributed by atoms with E-state index in [-0.39, 0.29) is 5.82 Å². The van der Waals surface area contributed by atoms with Crippen molar-refractivity contribution in [3.63, 3.8) is 0 Å². The van der Waals surface area contributed by atoms with Crippen molar-refractivity contribution in [2.45, 2.75) is 45.4 Å². The molecule has 0 radical (unpaired) electrons. The highest BCUT2D eigenvalue weighted by Gasteiger charge is 2.05. The van der Waals surface area contributed by atoms with Crippen molar-refractivity contribution in [1.29, 1.82) is 0 Å². The maximum absolute atomic E-state index is 12.9. The molecule has 0 amide bonds. The van der Waals surface area contributed by atoms with Crippen LogP contribution in [0.25, 0.3) is 0 Å². The molecule has 0 spiro atoms. The fourth-order valence-electron chi connectivity index (χ4n) is 1.68. The highest BCUT2D eigenvalue weighted by atomic mass is 19.1. The molecule has 0 unspecified atom stereocenters. The van der Waals surface area contributed by atoms with Crippen molar-refractivity contribution in [3.8, 4) is 0 Å². The number of hydrogen-bond acceptors (Lipinski definition) is 0. The Morgan fingerprint density at radius 3 is 2.71 bits per heavy atom. The van der Waals surface area contributed by atoms with Crippen LogP contribution in [-0.2, 0) is 0 Å². The molecule has 1 atom stereocenters. The predicted octanol–water partition coefficient (Wildman–Crippen LogP) is 4.51. The molecule has 78 valence electrons. The van der Waals surface area contributed by atoms with Crippen LogP contribution in [-0.4, -0.2) is 0 Å².